The number of nitrogens with one attached hydrogen (secondary N) is 3. The summed E-state index contributed by atoms with van der Waals surface area (Å²) in [5.41, 5.74) is 2.81. The van der Waals surface area contributed by atoms with Gasteiger partial charge >= 0.3 is 6.03 Å². The monoisotopic (exact) mass is 408 g/mol. The molecule has 1 heterocycles. The number of nitro benzene ring substituents is 1. The lowest BCUT2D eigenvalue weighted by atomic mass is 9.85. The average molecular weight is 408 g/mol. The van der Waals surface area contributed by atoms with Crippen molar-refractivity contribution in [2.24, 2.45) is 0 Å². The molecule has 1 aliphatic heterocycles. The van der Waals surface area contributed by atoms with Gasteiger partial charge in [0.25, 0.3) is 11.6 Å². The van der Waals surface area contributed by atoms with Gasteiger partial charge in [-0.05, 0) is 29.5 Å². The Balaban J connectivity index is 1.93. The van der Waals surface area contributed by atoms with Crippen molar-refractivity contribution in [3.05, 3.63) is 81.0 Å². The summed E-state index contributed by atoms with van der Waals surface area (Å²) in [4.78, 5) is 35.6. The Morgan fingerprint density at radius 1 is 1.13 bits per heavy atom. The van der Waals surface area contributed by atoms with Crippen molar-refractivity contribution in [3.63, 3.8) is 0 Å². The standard InChI is InChI=1S/C22H24N4O4/c1-13-18(20(27)24-16-6-5-7-17(12-16)26(29)30)19(25-21(28)23-13)14-8-10-15(11-9-14)22(2,3)4/h5-12,19H,1-4H3,(H,24,27)(H2,23,25,28)/t19-/m1/s1. The van der Waals surface area contributed by atoms with Crippen LogP contribution in [0, 0.1) is 10.1 Å². The van der Waals surface area contributed by atoms with E-state index in [1.165, 1.54) is 18.2 Å². The van der Waals surface area contributed by atoms with Crippen LogP contribution in [0.4, 0.5) is 16.2 Å². The van der Waals surface area contributed by atoms with E-state index >= 15 is 0 Å². The molecule has 1 atom stereocenters. The molecular weight excluding hydrogens is 384 g/mol. The van der Waals surface area contributed by atoms with Crippen LogP contribution in [-0.2, 0) is 10.2 Å². The number of hydrogen-bond acceptors (Lipinski definition) is 4. The number of carbonyl (C=O) groups is 2. The van der Waals surface area contributed by atoms with Gasteiger partial charge in [0.15, 0.2) is 0 Å². The minimum absolute atomic E-state index is 0.0239. The second kappa shape index (κ2) is 7.98. The summed E-state index contributed by atoms with van der Waals surface area (Å²) in [7, 11) is 0. The highest BCUT2D eigenvalue weighted by Crippen LogP contribution is 2.30. The second-order valence-corrected chi connectivity index (χ2v) is 8.20. The molecule has 3 amide bonds. The molecular formula is C22H24N4O4. The van der Waals surface area contributed by atoms with Crippen LogP contribution in [0.2, 0.25) is 0 Å². The van der Waals surface area contributed by atoms with Crippen molar-refractivity contribution in [2.75, 3.05) is 5.32 Å². The van der Waals surface area contributed by atoms with Crippen molar-refractivity contribution in [2.45, 2.75) is 39.2 Å². The number of allylic oxidation sites excluding steroid dienone is 1. The number of nitro groups is 1. The molecule has 0 aromatic heterocycles. The Morgan fingerprint density at radius 2 is 1.80 bits per heavy atom. The molecule has 3 N–H and O–H groups in total. The molecule has 0 bridgehead atoms. The molecule has 0 radical (unpaired) electrons. The summed E-state index contributed by atoms with van der Waals surface area (Å²) in [6, 6.07) is 12.4. The van der Waals surface area contributed by atoms with Crippen molar-refractivity contribution in [1.82, 2.24) is 10.6 Å². The fourth-order valence-electron chi connectivity index (χ4n) is 3.32. The van der Waals surface area contributed by atoms with E-state index in [9.17, 15) is 19.7 Å². The Kier molecular flexibility index (Phi) is 5.60. The number of hydrogen-bond donors (Lipinski definition) is 3. The van der Waals surface area contributed by atoms with Crippen LogP contribution < -0.4 is 16.0 Å². The van der Waals surface area contributed by atoms with Gasteiger partial charge in [0, 0.05) is 23.5 Å². The van der Waals surface area contributed by atoms with E-state index in [2.05, 4.69) is 36.7 Å². The summed E-state index contributed by atoms with van der Waals surface area (Å²) in [6.07, 6.45) is 0. The molecule has 30 heavy (non-hydrogen) atoms. The quantitative estimate of drug-likeness (QED) is 0.521. The summed E-state index contributed by atoms with van der Waals surface area (Å²) in [6.45, 7) is 7.97. The first-order chi connectivity index (χ1) is 14.1. The maximum Gasteiger partial charge on any atom is 0.319 e. The molecule has 156 valence electrons. The summed E-state index contributed by atoms with van der Waals surface area (Å²) in [5, 5.41) is 19.1. The number of non-ortho nitro benzene ring substituents is 1. The molecule has 0 spiro atoms. The van der Waals surface area contributed by atoms with E-state index in [1.54, 1.807) is 13.0 Å². The molecule has 0 saturated carbocycles. The molecule has 0 fully saturated rings. The molecule has 3 rings (SSSR count). The average Bonchev–Trinajstić information content (AvgIpc) is 2.66. The summed E-state index contributed by atoms with van der Waals surface area (Å²) >= 11 is 0. The minimum atomic E-state index is -0.647. The van der Waals surface area contributed by atoms with Gasteiger partial charge in [0.1, 0.15) is 0 Å². The summed E-state index contributed by atoms with van der Waals surface area (Å²) < 4.78 is 0. The van der Waals surface area contributed by atoms with E-state index in [4.69, 9.17) is 0 Å². The van der Waals surface area contributed by atoms with Crippen LogP contribution in [0.5, 0.6) is 0 Å². The zero-order valence-corrected chi connectivity index (χ0v) is 17.3. The zero-order chi connectivity index (χ0) is 22.1. The zero-order valence-electron chi connectivity index (χ0n) is 17.3. The van der Waals surface area contributed by atoms with Crippen molar-refractivity contribution in [3.8, 4) is 0 Å². The summed E-state index contributed by atoms with van der Waals surface area (Å²) in [5.74, 6) is -0.453. The lowest BCUT2D eigenvalue weighted by molar-refractivity contribution is -0.384. The normalized spacial score (nSPS) is 16.5. The smallest absolute Gasteiger partial charge is 0.319 e. The van der Waals surface area contributed by atoms with Gasteiger partial charge in [0.2, 0.25) is 0 Å². The molecule has 1 aliphatic rings. The Hall–Kier alpha value is -3.68. The number of anilines is 1. The second-order valence-electron chi connectivity index (χ2n) is 8.20. The third-order valence-corrected chi connectivity index (χ3v) is 4.94. The van der Waals surface area contributed by atoms with Crippen LogP contribution >= 0.6 is 0 Å². The topological polar surface area (TPSA) is 113 Å². The van der Waals surface area contributed by atoms with Gasteiger partial charge < -0.3 is 16.0 Å². The van der Waals surface area contributed by atoms with E-state index < -0.39 is 22.9 Å². The Bertz CT molecular complexity index is 1040. The highest BCUT2D eigenvalue weighted by Gasteiger charge is 2.31. The van der Waals surface area contributed by atoms with Gasteiger partial charge in [-0.2, -0.15) is 0 Å². The largest absolute Gasteiger partial charge is 0.327 e. The Labute approximate surface area is 174 Å². The SMILES string of the molecule is CC1=C(C(=O)Nc2cccc([N+](=O)[O-])c2)[C@@H](c2ccc(C(C)(C)C)cc2)NC(=O)N1. The van der Waals surface area contributed by atoms with Crippen molar-refractivity contribution >= 4 is 23.3 Å². The number of nitrogens with zero attached hydrogens (tertiary/aromatic N) is 1. The first-order valence-electron chi connectivity index (χ1n) is 9.51. The fourth-order valence-corrected chi connectivity index (χ4v) is 3.32. The van der Waals surface area contributed by atoms with Crippen LogP contribution in [0.3, 0.4) is 0 Å². The van der Waals surface area contributed by atoms with Gasteiger partial charge in [-0.25, -0.2) is 4.79 Å². The van der Waals surface area contributed by atoms with Crippen LogP contribution in [-0.4, -0.2) is 16.9 Å². The van der Waals surface area contributed by atoms with Gasteiger partial charge in [0.05, 0.1) is 16.5 Å². The van der Waals surface area contributed by atoms with Crippen LogP contribution in [0.15, 0.2) is 59.8 Å². The molecule has 8 nitrogen and oxygen atoms in total. The molecule has 8 heteroatoms. The number of urea groups is 1. The third-order valence-electron chi connectivity index (χ3n) is 4.94. The van der Waals surface area contributed by atoms with Crippen LogP contribution in [0.25, 0.3) is 0 Å². The first-order valence-corrected chi connectivity index (χ1v) is 9.51. The van der Waals surface area contributed by atoms with E-state index in [0.29, 0.717) is 17.0 Å². The number of carbonyl (C=O) groups excluding carboxylic acids is 2. The molecule has 0 saturated heterocycles. The van der Waals surface area contributed by atoms with Crippen molar-refractivity contribution < 1.29 is 14.5 Å². The highest BCUT2D eigenvalue weighted by atomic mass is 16.6. The van der Waals surface area contributed by atoms with Gasteiger partial charge in [-0.1, -0.05) is 51.1 Å². The lowest BCUT2D eigenvalue weighted by Gasteiger charge is -2.29. The van der Waals surface area contributed by atoms with Gasteiger partial charge in [-0.3, -0.25) is 14.9 Å². The maximum absolute atomic E-state index is 13.0. The number of rotatable bonds is 4. The highest BCUT2D eigenvalue weighted by molar-refractivity contribution is 6.06. The fraction of sp³-hybridized carbons (Fsp3) is 0.273. The predicted molar refractivity (Wildman–Crippen MR) is 114 cm³/mol. The van der Waals surface area contributed by atoms with E-state index in [0.717, 1.165) is 11.1 Å². The molecule has 0 aliphatic carbocycles. The van der Waals surface area contributed by atoms with E-state index in [-0.39, 0.29) is 11.1 Å². The third kappa shape index (κ3) is 4.48. The minimum Gasteiger partial charge on any atom is -0.327 e. The lowest BCUT2D eigenvalue weighted by Crippen LogP contribution is -2.46. The number of amides is 3. The van der Waals surface area contributed by atoms with Gasteiger partial charge in [-0.15, -0.1) is 0 Å². The molecule has 0 unspecified atom stereocenters. The Morgan fingerprint density at radius 3 is 2.40 bits per heavy atom. The van der Waals surface area contributed by atoms with Crippen LogP contribution in [0.1, 0.15) is 44.9 Å². The molecule has 2 aromatic carbocycles. The maximum atomic E-state index is 13.0. The van der Waals surface area contributed by atoms with Crippen molar-refractivity contribution in [1.29, 1.82) is 0 Å². The predicted octanol–water partition coefficient (Wildman–Crippen LogP) is 4.16. The van der Waals surface area contributed by atoms with E-state index in [1.807, 2.05) is 24.3 Å². The molecule has 2 aromatic rings. The first kappa shape index (κ1) is 21.0. The number of benzene rings is 2.